The van der Waals surface area contributed by atoms with E-state index in [2.05, 4.69) is 15.4 Å². The van der Waals surface area contributed by atoms with E-state index in [0.717, 1.165) is 22.4 Å². The molecule has 1 heterocycles. The van der Waals surface area contributed by atoms with Crippen LogP contribution in [0.25, 0.3) is 11.4 Å². The number of hydrogen-bond acceptors (Lipinski definition) is 7. The first-order valence-electron chi connectivity index (χ1n) is 10.8. The fourth-order valence-corrected chi connectivity index (χ4v) is 3.61. The van der Waals surface area contributed by atoms with E-state index in [4.69, 9.17) is 25.8 Å². The summed E-state index contributed by atoms with van der Waals surface area (Å²) in [6.45, 7) is 0.446. The van der Waals surface area contributed by atoms with Crippen LogP contribution in [0.4, 0.5) is 5.95 Å². The van der Waals surface area contributed by atoms with E-state index in [1.54, 1.807) is 33.5 Å². The standard InChI is InChI=1S/C26H25ClN4O4/c1-33-21-11-7-19(8-12-21)25-29-26(28-16-17-4-9-20(27)10-5-17)31(30-25)24(32)15-18-6-13-22(34-2)23(14-18)35-3/h4-14H,15-16H2,1-3H3,(H,28,29,30). The highest BCUT2D eigenvalue weighted by Crippen LogP contribution is 2.28. The number of nitrogens with one attached hydrogen (secondary N) is 1. The van der Waals surface area contributed by atoms with E-state index in [-0.39, 0.29) is 12.3 Å². The molecule has 0 unspecified atom stereocenters. The minimum Gasteiger partial charge on any atom is -0.497 e. The molecule has 8 nitrogen and oxygen atoms in total. The van der Waals surface area contributed by atoms with Crippen molar-refractivity contribution in [3.63, 3.8) is 0 Å². The fourth-order valence-electron chi connectivity index (χ4n) is 3.49. The third-order valence-corrected chi connectivity index (χ3v) is 5.61. The van der Waals surface area contributed by atoms with Crippen molar-refractivity contribution in [1.82, 2.24) is 14.8 Å². The number of hydrogen-bond donors (Lipinski definition) is 1. The van der Waals surface area contributed by atoms with Gasteiger partial charge in [-0.1, -0.05) is 29.8 Å². The van der Waals surface area contributed by atoms with Crippen LogP contribution in [0.3, 0.4) is 0 Å². The highest BCUT2D eigenvalue weighted by molar-refractivity contribution is 6.30. The lowest BCUT2D eigenvalue weighted by molar-refractivity contribution is 0.0901. The third kappa shape index (κ3) is 5.73. The monoisotopic (exact) mass is 492 g/mol. The van der Waals surface area contributed by atoms with Gasteiger partial charge in [-0.3, -0.25) is 4.79 Å². The highest BCUT2D eigenvalue weighted by atomic mass is 35.5. The lowest BCUT2D eigenvalue weighted by Crippen LogP contribution is -2.18. The van der Waals surface area contributed by atoms with Crippen LogP contribution in [0, 0.1) is 0 Å². The van der Waals surface area contributed by atoms with Gasteiger partial charge in [0.25, 0.3) is 5.91 Å². The highest BCUT2D eigenvalue weighted by Gasteiger charge is 2.19. The van der Waals surface area contributed by atoms with Gasteiger partial charge >= 0.3 is 0 Å². The van der Waals surface area contributed by atoms with E-state index in [1.807, 2.05) is 54.6 Å². The molecule has 1 aromatic heterocycles. The summed E-state index contributed by atoms with van der Waals surface area (Å²) in [6, 6.07) is 20.1. The molecule has 0 aliphatic rings. The van der Waals surface area contributed by atoms with E-state index in [9.17, 15) is 4.79 Å². The number of benzene rings is 3. The van der Waals surface area contributed by atoms with Crippen molar-refractivity contribution < 1.29 is 19.0 Å². The van der Waals surface area contributed by atoms with Crippen LogP contribution >= 0.6 is 11.6 Å². The first-order valence-corrected chi connectivity index (χ1v) is 11.2. The number of aromatic nitrogens is 3. The number of rotatable bonds is 9. The van der Waals surface area contributed by atoms with Crippen LogP contribution in [-0.4, -0.2) is 42.0 Å². The molecule has 3 aromatic carbocycles. The maximum atomic E-state index is 13.3. The molecule has 180 valence electrons. The Kier molecular flexibility index (Phi) is 7.52. The molecule has 0 amide bonds. The van der Waals surface area contributed by atoms with Crippen LogP contribution in [-0.2, 0) is 13.0 Å². The molecule has 0 spiro atoms. The lowest BCUT2D eigenvalue weighted by atomic mass is 10.1. The molecule has 35 heavy (non-hydrogen) atoms. The smallest absolute Gasteiger partial charge is 0.254 e. The summed E-state index contributed by atoms with van der Waals surface area (Å²) in [6.07, 6.45) is 0.0986. The van der Waals surface area contributed by atoms with Gasteiger partial charge in [0, 0.05) is 17.1 Å². The third-order valence-electron chi connectivity index (χ3n) is 5.36. The zero-order chi connectivity index (χ0) is 24.8. The minimum absolute atomic E-state index is 0.0986. The summed E-state index contributed by atoms with van der Waals surface area (Å²) in [7, 11) is 4.73. The average molecular weight is 493 g/mol. The number of carbonyl (C=O) groups is 1. The normalized spacial score (nSPS) is 10.6. The zero-order valence-electron chi connectivity index (χ0n) is 19.6. The van der Waals surface area contributed by atoms with Gasteiger partial charge < -0.3 is 19.5 Å². The number of methoxy groups -OCH3 is 3. The molecule has 1 N–H and O–H groups in total. The van der Waals surface area contributed by atoms with Crippen molar-refractivity contribution in [2.45, 2.75) is 13.0 Å². The Hall–Kier alpha value is -4.04. The Bertz CT molecular complexity index is 1300. The van der Waals surface area contributed by atoms with E-state index in [1.165, 1.54) is 4.68 Å². The second kappa shape index (κ2) is 10.9. The van der Waals surface area contributed by atoms with Gasteiger partial charge in [0.05, 0.1) is 27.8 Å². The number of anilines is 1. The minimum atomic E-state index is -0.247. The predicted octanol–water partition coefficient (Wildman–Crippen LogP) is 5.12. The van der Waals surface area contributed by atoms with Gasteiger partial charge in [-0.05, 0) is 59.7 Å². The van der Waals surface area contributed by atoms with E-state index < -0.39 is 0 Å². The fraction of sp³-hybridized carbons (Fsp3) is 0.192. The quantitative estimate of drug-likeness (QED) is 0.347. The molecular weight excluding hydrogens is 468 g/mol. The van der Waals surface area contributed by atoms with Crippen LogP contribution in [0.5, 0.6) is 17.2 Å². The second-order valence-corrected chi connectivity index (χ2v) is 8.08. The van der Waals surface area contributed by atoms with Crippen LogP contribution in [0.2, 0.25) is 5.02 Å². The zero-order valence-corrected chi connectivity index (χ0v) is 20.4. The SMILES string of the molecule is COc1ccc(-c2nc(NCc3ccc(Cl)cc3)n(C(=O)Cc3ccc(OC)c(OC)c3)n2)cc1. The van der Waals surface area contributed by atoms with Crippen molar-refractivity contribution >= 4 is 23.5 Å². The number of halogens is 1. The van der Waals surface area contributed by atoms with E-state index in [0.29, 0.717) is 34.8 Å². The summed E-state index contributed by atoms with van der Waals surface area (Å²) < 4.78 is 17.2. The van der Waals surface area contributed by atoms with Crippen LogP contribution in [0.15, 0.2) is 66.7 Å². The molecule has 0 atom stereocenters. The molecule has 0 radical (unpaired) electrons. The second-order valence-electron chi connectivity index (χ2n) is 7.64. The first kappa shape index (κ1) is 24.1. The Morgan fingerprint density at radius 1 is 0.886 bits per heavy atom. The predicted molar refractivity (Wildman–Crippen MR) is 135 cm³/mol. The summed E-state index contributed by atoms with van der Waals surface area (Å²) in [4.78, 5) is 17.9. The molecule has 4 rings (SSSR count). The van der Waals surface area contributed by atoms with Crippen LogP contribution in [0.1, 0.15) is 15.9 Å². The number of ether oxygens (including phenoxy) is 3. The molecule has 0 fully saturated rings. The van der Waals surface area contributed by atoms with Crippen molar-refractivity contribution in [1.29, 1.82) is 0 Å². The first-order chi connectivity index (χ1) is 17.0. The van der Waals surface area contributed by atoms with Gasteiger partial charge in [-0.2, -0.15) is 9.67 Å². The Morgan fingerprint density at radius 3 is 2.23 bits per heavy atom. The number of nitrogens with zero attached hydrogens (tertiary/aromatic N) is 3. The molecule has 4 aromatic rings. The molecule has 0 aliphatic carbocycles. The maximum absolute atomic E-state index is 13.3. The summed E-state index contributed by atoms with van der Waals surface area (Å²) in [5, 5.41) is 8.39. The Balaban J connectivity index is 1.62. The molecule has 0 bridgehead atoms. The summed E-state index contributed by atoms with van der Waals surface area (Å²) in [5.74, 6) is 2.39. The van der Waals surface area contributed by atoms with E-state index >= 15 is 0 Å². The average Bonchev–Trinajstić information content (AvgIpc) is 3.33. The lowest BCUT2D eigenvalue weighted by Gasteiger charge is -2.10. The van der Waals surface area contributed by atoms with Crippen molar-refractivity contribution in [2.24, 2.45) is 0 Å². The van der Waals surface area contributed by atoms with Gasteiger partial charge in [0.1, 0.15) is 5.75 Å². The molecular formula is C26H25ClN4O4. The Labute approximate surface area is 208 Å². The van der Waals surface area contributed by atoms with Gasteiger partial charge in [0.15, 0.2) is 17.3 Å². The van der Waals surface area contributed by atoms with Crippen molar-refractivity contribution in [3.05, 3.63) is 82.9 Å². The Morgan fingerprint density at radius 2 is 1.57 bits per heavy atom. The maximum Gasteiger partial charge on any atom is 0.254 e. The molecule has 0 saturated heterocycles. The van der Waals surface area contributed by atoms with Gasteiger partial charge in [0.2, 0.25) is 5.95 Å². The largest absolute Gasteiger partial charge is 0.497 e. The molecule has 9 heteroatoms. The summed E-state index contributed by atoms with van der Waals surface area (Å²) in [5.41, 5.74) is 2.51. The topological polar surface area (TPSA) is 87.5 Å². The summed E-state index contributed by atoms with van der Waals surface area (Å²) >= 11 is 5.99. The van der Waals surface area contributed by atoms with Crippen molar-refractivity contribution in [2.75, 3.05) is 26.6 Å². The van der Waals surface area contributed by atoms with Gasteiger partial charge in [-0.15, -0.1) is 5.10 Å². The number of carbonyl (C=O) groups excluding carboxylic acids is 1. The van der Waals surface area contributed by atoms with Crippen LogP contribution < -0.4 is 19.5 Å². The van der Waals surface area contributed by atoms with Gasteiger partial charge in [-0.25, -0.2) is 0 Å². The van der Waals surface area contributed by atoms with Crippen molar-refractivity contribution in [3.8, 4) is 28.6 Å². The molecule has 0 saturated carbocycles. The molecule has 0 aliphatic heterocycles.